The number of hydrogen-bond donors (Lipinski definition) is 0. The van der Waals surface area contributed by atoms with Gasteiger partial charge in [0, 0.05) is 0 Å². The van der Waals surface area contributed by atoms with Gasteiger partial charge >= 0.3 is 0 Å². The number of nitriles is 1. The van der Waals surface area contributed by atoms with Gasteiger partial charge in [-0.05, 0) is 79.9 Å². The highest BCUT2D eigenvalue weighted by molar-refractivity contribution is 6.36. The molecule has 0 heterocycles. The molecule has 2 saturated carbocycles. The molecule has 29 heavy (non-hydrogen) atoms. The zero-order chi connectivity index (χ0) is 20.6. The molecule has 0 saturated heterocycles. The molecule has 3 heteroatoms. The first-order valence-corrected chi connectivity index (χ1v) is 12.8. The van der Waals surface area contributed by atoms with Crippen LogP contribution in [0.1, 0.15) is 114 Å². The lowest BCUT2D eigenvalue weighted by Crippen LogP contribution is -2.25. The Balaban J connectivity index is 1.41. The average molecular weight is 434 g/mol. The third-order valence-electron chi connectivity index (χ3n) is 7.69. The number of hydrogen-bond acceptors (Lipinski definition) is 1. The summed E-state index contributed by atoms with van der Waals surface area (Å²) in [5.74, 6) is 3.43. The Labute approximate surface area is 188 Å². The van der Waals surface area contributed by atoms with E-state index in [0.717, 1.165) is 17.8 Å². The molecule has 0 spiro atoms. The molecule has 1 aromatic carbocycles. The van der Waals surface area contributed by atoms with Crippen molar-refractivity contribution < 1.29 is 0 Å². The van der Waals surface area contributed by atoms with E-state index in [1.54, 1.807) is 0 Å². The molecule has 0 bridgehead atoms. The molecule has 0 N–H and O–H groups in total. The molecule has 2 aliphatic rings. The van der Waals surface area contributed by atoms with Crippen LogP contribution in [0.3, 0.4) is 0 Å². The second-order valence-corrected chi connectivity index (χ2v) is 10.4. The minimum absolute atomic E-state index is 0.410. The zero-order valence-electron chi connectivity index (χ0n) is 18.1. The van der Waals surface area contributed by atoms with E-state index >= 15 is 0 Å². The maximum absolute atomic E-state index is 9.16. The smallest absolute Gasteiger partial charge is 0.102 e. The fraction of sp³-hybridized carbons (Fsp3) is 0.731. The van der Waals surface area contributed by atoms with Crippen LogP contribution in [-0.4, -0.2) is 0 Å². The van der Waals surface area contributed by atoms with Crippen LogP contribution in [0.4, 0.5) is 0 Å². The molecule has 0 aliphatic heterocycles. The molecule has 2 fully saturated rings. The van der Waals surface area contributed by atoms with Gasteiger partial charge in [-0.1, -0.05) is 81.5 Å². The molecule has 0 amide bonds. The lowest BCUT2D eigenvalue weighted by atomic mass is 9.68. The summed E-state index contributed by atoms with van der Waals surface area (Å²) in [7, 11) is 0. The number of nitrogens with zero attached hydrogens (tertiary/aromatic N) is 1. The number of unbranched alkanes of at least 4 members (excludes halogenated alkanes) is 4. The van der Waals surface area contributed by atoms with Crippen molar-refractivity contribution in [3.05, 3.63) is 33.3 Å². The standard InChI is InChI=1S/C26H37Cl2N/c1-2-3-4-5-6-7-19-8-10-20(11-9-19)21-12-14-22(15-13-21)23-16-25(27)24(18-29)26(28)17-23/h16-17,19-22H,2-15H2,1H3/t19-,20-,21-,22-. The quantitative estimate of drug-likeness (QED) is 0.374. The van der Waals surface area contributed by atoms with Gasteiger partial charge in [-0.2, -0.15) is 5.26 Å². The van der Waals surface area contributed by atoms with Crippen molar-refractivity contribution in [1.29, 1.82) is 5.26 Å². The Morgan fingerprint density at radius 2 is 1.38 bits per heavy atom. The van der Waals surface area contributed by atoms with Crippen LogP contribution in [0.5, 0.6) is 0 Å². The topological polar surface area (TPSA) is 23.8 Å². The summed E-state index contributed by atoms with van der Waals surface area (Å²) in [6.07, 6.45) is 19.6. The van der Waals surface area contributed by atoms with E-state index in [1.807, 2.05) is 12.1 Å². The third-order valence-corrected chi connectivity index (χ3v) is 8.29. The molecule has 0 unspecified atom stereocenters. The van der Waals surface area contributed by atoms with Gasteiger partial charge in [0.05, 0.1) is 15.6 Å². The lowest BCUT2D eigenvalue weighted by molar-refractivity contribution is 0.155. The highest BCUT2D eigenvalue weighted by Gasteiger charge is 2.31. The minimum Gasteiger partial charge on any atom is -0.192 e. The fourth-order valence-corrected chi connectivity index (χ4v) is 6.43. The molecule has 0 radical (unpaired) electrons. The van der Waals surface area contributed by atoms with Crippen LogP contribution in [0.25, 0.3) is 0 Å². The van der Waals surface area contributed by atoms with Crippen LogP contribution in [-0.2, 0) is 0 Å². The molecule has 1 nitrogen and oxygen atoms in total. The SMILES string of the molecule is CCCCCCC[C@H]1CC[C@H]([C@H]2CC[C@H](c3cc(Cl)c(C#N)c(Cl)c3)CC2)CC1. The number of benzene rings is 1. The van der Waals surface area contributed by atoms with E-state index < -0.39 is 0 Å². The summed E-state index contributed by atoms with van der Waals surface area (Å²) in [5, 5.41) is 10.2. The molecule has 160 valence electrons. The second kappa shape index (κ2) is 11.6. The molecule has 0 atom stereocenters. The summed E-state index contributed by atoms with van der Waals surface area (Å²) in [6.45, 7) is 2.30. The monoisotopic (exact) mass is 433 g/mol. The summed E-state index contributed by atoms with van der Waals surface area (Å²) in [4.78, 5) is 0. The first-order chi connectivity index (χ1) is 14.1. The molecule has 3 rings (SSSR count). The first kappa shape index (κ1) is 23.0. The minimum atomic E-state index is 0.410. The van der Waals surface area contributed by atoms with Crippen molar-refractivity contribution in [3.8, 4) is 6.07 Å². The van der Waals surface area contributed by atoms with E-state index in [2.05, 4.69) is 13.0 Å². The number of halogens is 2. The van der Waals surface area contributed by atoms with E-state index in [9.17, 15) is 0 Å². The molecular weight excluding hydrogens is 397 g/mol. The van der Waals surface area contributed by atoms with Gasteiger partial charge in [0.2, 0.25) is 0 Å². The second-order valence-electron chi connectivity index (χ2n) is 9.57. The highest BCUT2D eigenvalue weighted by Crippen LogP contribution is 2.45. The average Bonchev–Trinajstić information content (AvgIpc) is 2.74. The van der Waals surface area contributed by atoms with Crippen molar-refractivity contribution in [1.82, 2.24) is 0 Å². The summed E-state index contributed by atoms with van der Waals surface area (Å²) >= 11 is 12.5. The molecular formula is C26H37Cl2N. The van der Waals surface area contributed by atoms with Gasteiger partial charge in [-0.15, -0.1) is 0 Å². The van der Waals surface area contributed by atoms with Gasteiger partial charge < -0.3 is 0 Å². The Morgan fingerprint density at radius 3 is 1.93 bits per heavy atom. The molecule has 1 aromatic rings. The summed E-state index contributed by atoms with van der Waals surface area (Å²) < 4.78 is 0. The maximum Gasteiger partial charge on any atom is 0.102 e. The van der Waals surface area contributed by atoms with Crippen LogP contribution < -0.4 is 0 Å². The van der Waals surface area contributed by atoms with Gasteiger partial charge in [-0.3, -0.25) is 0 Å². The predicted molar refractivity (Wildman–Crippen MR) is 125 cm³/mol. The van der Waals surface area contributed by atoms with Gasteiger partial charge in [0.25, 0.3) is 0 Å². The fourth-order valence-electron chi connectivity index (χ4n) is 5.84. The largest absolute Gasteiger partial charge is 0.192 e. The van der Waals surface area contributed by atoms with E-state index in [1.165, 1.54) is 95.5 Å². The van der Waals surface area contributed by atoms with Gasteiger partial charge in [0.1, 0.15) is 6.07 Å². The van der Waals surface area contributed by atoms with Crippen LogP contribution in [0.15, 0.2) is 12.1 Å². The lowest BCUT2D eigenvalue weighted by Gasteiger charge is -2.38. The van der Waals surface area contributed by atoms with Crippen molar-refractivity contribution in [2.45, 2.75) is 103 Å². The Kier molecular flexibility index (Phi) is 9.20. The zero-order valence-corrected chi connectivity index (χ0v) is 19.6. The normalized spacial score (nSPS) is 27.5. The van der Waals surface area contributed by atoms with Crippen molar-refractivity contribution >= 4 is 23.2 Å². The molecule has 0 aromatic heterocycles. The van der Waals surface area contributed by atoms with Crippen LogP contribution in [0, 0.1) is 29.1 Å². The van der Waals surface area contributed by atoms with Crippen LogP contribution >= 0.6 is 23.2 Å². The van der Waals surface area contributed by atoms with Gasteiger partial charge in [-0.25, -0.2) is 0 Å². The van der Waals surface area contributed by atoms with E-state index in [-0.39, 0.29) is 0 Å². The Morgan fingerprint density at radius 1 is 0.828 bits per heavy atom. The van der Waals surface area contributed by atoms with Crippen molar-refractivity contribution in [2.75, 3.05) is 0 Å². The maximum atomic E-state index is 9.16. The Bertz CT molecular complexity index is 653. The van der Waals surface area contributed by atoms with Crippen molar-refractivity contribution in [2.24, 2.45) is 17.8 Å². The van der Waals surface area contributed by atoms with Crippen LogP contribution in [0.2, 0.25) is 10.0 Å². The predicted octanol–water partition coefficient (Wildman–Crippen LogP) is 9.31. The van der Waals surface area contributed by atoms with Gasteiger partial charge in [0.15, 0.2) is 0 Å². The highest BCUT2D eigenvalue weighted by atomic mass is 35.5. The Hall–Kier alpha value is -0.710. The summed E-state index contributed by atoms with van der Waals surface area (Å²) in [5.41, 5.74) is 1.64. The summed E-state index contributed by atoms with van der Waals surface area (Å²) in [6, 6.07) is 6.05. The van der Waals surface area contributed by atoms with E-state index in [4.69, 9.17) is 28.5 Å². The molecule has 2 aliphatic carbocycles. The number of rotatable bonds is 8. The third kappa shape index (κ3) is 6.38. The van der Waals surface area contributed by atoms with E-state index in [0.29, 0.717) is 21.5 Å². The van der Waals surface area contributed by atoms with Crippen molar-refractivity contribution in [3.63, 3.8) is 0 Å². The first-order valence-electron chi connectivity index (χ1n) is 12.0.